The van der Waals surface area contributed by atoms with Crippen LogP contribution in [0.5, 0.6) is 11.5 Å². The van der Waals surface area contributed by atoms with Gasteiger partial charge in [-0.25, -0.2) is 4.98 Å². The number of methoxy groups -OCH3 is 1. The van der Waals surface area contributed by atoms with Crippen LogP contribution < -0.4 is 15.0 Å². The van der Waals surface area contributed by atoms with E-state index in [2.05, 4.69) is 16.2 Å². The molecule has 34 heavy (non-hydrogen) atoms. The van der Waals surface area contributed by atoms with Crippen molar-refractivity contribution in [3.8, 4) is 17.6 Å². The van der Waals surface area contributed by atoms with Gasteiger partial charge in [-0.1, -0.05) is 18.2 Å². The van der Waals surface area contributed by atoms with E-state index in [1.165, 1.54) is 22.3 Å². The number of nitrogens with zero attached hydrogens (tertiary/aromatic N) is 4. The molecule has 0 N–H and O–H groups in total. The Hall–Kier alpha value is -3.96. The maximum atomic E-state index is 13.1. The minimum absolute atomic E-state index is 0.135. The highest BCUT2D eigenvalue weighted by molar-refractivity contribution is 7.18. The number of aryl methyl sites for hydroxylation is 2. The average molecular weight is 471 g/mol. The molecule has 8 heteroatoms. The molecular weight excluding hydrogens is 448 g/mol. The van der Waals surface area contributed by atoms with Crippen LogP contribution >= 0.6 is 11.3 Å². The molecule has 0 atom stereocenters. The first-order valence-electron chi connectivity index (χ1n) is 11.0. The van der Waals surface area contributed by atoms with Crippen molar-refractivity contribution in [2.24, 2.45) is 5.10 Å². The standard InChI is InChI=1S/C26H22N4O3S/c1-32-22-12-17(10-11-21(22)33-15-19-7-3-2-6-18(19)13-27)14-29-30-16-28-25-24(26(30)31)20-8-4-5-9-23(20)34-25/h2-3,6-7,10-12,14,16H,4-5,8-9,15H2,1H3/b29-14+. The number of thiophene rings is 1. The summed E-state index contributed by atoms with van der Waals surface area (Å²) in [6, 6.07) is 14.9. The van der Waals surface area contributed by atoms with E-state index in [1.54, 1.807) is 42.9 Å². The SMILES string of the molecule is COc1cc(/C=N/n2cnc3sc4c(c3c2=O)CCCC4)ccc1OCc1ccccc1C#N. The Bertz CT molecular complexity index is 1500. The normalized spacial score (nSPS) is 13.1. The third kappa shape index (κ3) is 4.18. The van der Waals surface area contributed by atoms with Crippen LogP contribution in [-0.4, -0.2) is 23.0 Å². The first kappa shape index (κ1) is 21.9. The van der Waals surface area contributed by atoms with Gasteiger partial charge >= 0.3 is 0 Å². The zero-order valence-electron chi connectivity index (χ0n) is 18.7. The van der Waals surface area contributed by atoms with E-state index in [0.717, 1.165) is 40.8 Å². The average Bonchev–Trinajstić information content (AvgIpc) is 3.27. The van der Waals surface area contributed by atoms with Gasteiger partial charge < -0.3 is 9.47 Å². The van der Waals surface area contributed by atoms with E-state index in [1.807, 2.05) is 24.3 Å². The van der Waals surface area contributed by atoms with Crippen LogP contribution in [0.1, 0.15) is 40.0 Å². The molecule has 2 heterocycles. The van der Waals surface area contributed by atoms with Gasteiger partial charge in [0, 0.05) is 10.4 Å². The molecule has 4 aromatic rings. The van der Waals surface area contributed by atoms with Crippen molar-refractivity contribution in [3.63, 3.8) is 0 Å². The van der Waals surface area contributed by atoms with E-state index in [0.29, 0.717) is 22.4 Å². The Morgan fingerprint density at radius 3 is 2.91 bits per heavy atom. The maximum Gasteiger partial charge on any atom is 0.282 e. The van der Waals surface area contributed by atoms with Gasteiger partial charge in [0.25, 0.3) is 5.56 Å². The minimum Gasteiger partial charge on any atom is -0.493 e. The number of hydrogen-bond acceptors (Lipinski definition) is 7. The molecule has 0 bridgehead atoms. The fourth-order valence-corrected chi connectivity index (χ4v) is 5.36. The zero-order chi connectivity index (χ0) is 23.5. The quantitative estimate of drug-likeness (QED) is 0.382. The largest absolute Gasteiger partial charge is 0.493 e. The second-order valence-electron chi connectivity index (χ2n) is 8.00. The van der Waals surface area contributed by atoms with Gasteiger partial charge in [-0.3, -0.25) is 4.79 Å². The second-order valence-corrected chi connectivity index (χ2v) is 9.08. The molecule has 170 valence electrons. The highest BCUT2D eigenvalue weighted by atomic mass is 32.1. The van der Waals surface area contributed by atoms with Crippen molar-refractivity contribution in [1.82, 2.24) is 9.66 Å². The number of aromatic nitrogens is 2. The van der Waals surface area contributed by atoms with Crippen molar-refractivity contribution < 1.29 is 9.47 Å². The Kier molecular flexibility index (Phi) is 6.11. The molecule has 2 aromatic carbocycles. The topological polar surface area (TPSA) is 89.5 Å². The second kappa shape index (κ2) is 9.49. The monoisotopic (exact) mass is 470 g/mol. The van der Waals surface area contributed by atoms with Crippen LogP contribution in [0.25, 0.3) is 10.2 Å². The van der Waals surface area contributed by atoms with Gasteiger partial charge in [-0.15, -0.1) is 11.3 Å². The fraction of sp³-hybridized carbons (Fsp3) is 0.231. The van der Waals surface area contributed by atoms with Crippen molar-refractivity contribution >= 4 is 27.8 Å². The Morgan fingerprint density at radius 2 is 2.06 bits per heavy atom. The number of benzene rings is 2. The third-order valence-corrected chi connectivity index (χ3v) is 7.10. The van der Waals surface area contributed by atoms with Crippen LogP contribution in [0.15, 0.2) is 58.7 Å². The third-order valence-electron chi connectivity index (χ3n) is 5.90. The lowest BCUT2D eigenvalue weighted by Crippen LogP contribution is -2.18. The van der Waals surface area contributed by atoms with Crippen LogP contribution in [0, 0.1) is 11.3 Å². The summed E-state index contributed by atoms with van der Waals surface area (Å²) in [6.45, 7) is 0.250. The van der Waals surface area contributed by atoms with E-state index < -0.39 is 0 Å². The molecule has 0 spiro atoms. The van der Waals surface area contributed by atoms with E-state index >= 15 is 0 Å². The lowest BCUT2D eigenvalue weighted by atomic mass is 9.97. The molecule has 0 saturated heterocycles. The number of fused-ring (bicyclic) bond motifs is 3. The summed E-state index contributed by atoms with van der Waals surface area (Å²) in [5.74, 6) is 1.09. The van der Waals surface area contributed by atoms with E-state index in [9.17, 15) is 10.1 Å². The summed E-state index contributed by atoms with van der Waals surface area (Å²) in [5.41, 5.74) is 3.14. The maximum absolute atomic E-state index is 13.1. The number of hydrogen-bond donors (Lipinski definition) is 0. The Labute approximate surface area is 200 Å². The van der Waals surface area contributed by atoms with Crippen LogP contribution in [0.4, 0.5) is 0 Å². The molecule has 0 saturated carbocycles. The van der Waals surface area contributed by atoms with Crippen molar-refractivity contribution in [2.45, 2.75) is 32.3 Å². The van der Waals surface area contributed by atoms with Gasteiger partial charge in [0.15, 0.2) is 11.5 Å². The summed E-state index contributed by atoms with van der Waals surface area (Å²) in [4.78, 5) is 19.6. The van der Waals surface area contributed by atoms with Gasteiger partial charge in [0.2, 0.25) is 0 Å². The summed E-state index contributed by atoms with van der Waals surface area (Å²) < 4.78 is 12.7. The zero-order valence-corrected chi connectivity index (χ0v) is 19.5. The molecule has 0 radical (unpaired) electrons. The number of nitriles is 1. The molecule has 7 nitrogen and oxygen atoms in total. The van der Waals surface area contributed by atoms with E-state index in [-0.39, 0.29) is 12.2 Å². The summed E-state index contributed by atoms with van der Waals surface area (Å²) in [5, 5.41) is 14.3. The molecule has 0 fully saturated rings. The first-order chi connectivity index (χ1) is 16.7. The van der Waals surface area contributed by atoms with Crippen molar-refractivity contribution in [2.75, 3.05) is 7.11 Å². The summed E-state index contributed by atoms with van der Waals surface area (Å²) >= 11 is 1.62. The van der Waals surface area contributed by atoms with Gasteiger partial charge in [-0.05, 0) is 61.1 Å². The van der Waals surface area contributed by atoms with Crippen LogP contribution in [0.3, 0.4) is 0 Å². The molecule has 5 rings (SSSR count). The van der Waals surface area contributed by atoms with Crippen LogP contribution in [-0.2, 0) is 19.4 Å². The molecule has 0 unspecified atom stereocenters. The smallest absolute Gasteiger partial charge is 0.282 e. The van der Waals surface area contributed by atoms with Crippen LogP contribution in [0.2, 0.25) is 0 Å². The molecule has 2 aromatic heterocycles. The van der Waals surface area contributed by atoms with Crippen molar-refractivity contribution in [1.29, 1.82) is 5.26 Å². The fourth-order valence-electron chi connectivity index (χ4n) is 4.14. The Morgan fingerprint density at radius 1 is 1.21 bits per heavy atom. The van der Waals surface area contributed by atoms with Gasteiger partial charge in [0.1, 0.15) is 17.8 Å². The van der Waals surface area contributed by atoms with E-state index in [4.69, 9.17) is 9.47 Å². The summed E-state index contributed by atoms with van der Waals surface area (Å²) in [7, 11) is 1.56. The lowest BCUT2D eigenvalue weighted by Gasteiger charge is -2.12. The minimum atomic E-state index is -0.135. The number of rotatable bonds is 6. The molecule has 0 aliphatic heterocycles. The molecular formula is C26H22N4O3S. The predicted molar refractivity (Wildman–Crippen MR) is 132 cm³/mol. The highest BCUT2D eigenvalue weighted by Gasteiger charge is 2.19. The molecule has 1 aliphatic carbocycles. The Balaban J connectivity index is 1.38. The summed E-state index contributed by atoms with van der Waals surface area (Å²) in [6.07, 6.45) is 7.30. The lowest BCUT2D eigenvalue weighted by molar-refractivity contribution is 0.284. The predicted octanol–water partition coefficient (Wildman–Crippen LogP) is 4.68. The van der Waals surface area contributed by atoms with Crippen molar-refractivity contribution in [3.05, 3.63) is 86.3 Å². The van der Waals surface area contributed by atoms with Gasteiger partial charge in [0.05, 0.1) is 30.3 Å². The molecule has 1 aliphatic rings. The number of ether oxygens (including phenoxy) is 2. The molecule has 0 amide bonds. The highest BCUT2D eigenvalue weighted by Crippen LogP contribution is 2.33. The van der Waals surface area contributed by atoms with Gasteiger partial charge in [-0.2, -0.15) is 15.0 Å². The first-order valence-corrected chi connectivity index (χ1v) is 11.8.